The molecular formula is C14H29N3O2S. The fourth-order valence-electron chi connectivity index (χ4n) is 3.69. The second-order valence-electron chi connectivity index (χ2n) is 6.12. The van der Waals surface area contributed by atoms with Gasteiger partial charge in [0.1, 0.15) is 0 Å². The maximum absolute atomic E-state index is 11.6. The summed E-state index contributed by atoms with van der Waals surface area (Å²) in [4.78, 5) is 2.46. The number of hydrogen-bond acceptors (Lipinski definition) is 4. The molecule has 0 spiro atoms. The minimum Gasteiger partial charge on any atom is -0.314 e. The van der Waals surface area contributed by atoms with Gasteiger partial charge in [0.15, 0.2) is 0 Å². The van der Waals surface area contributed by atoms with Gasteiger partial charge in [0.05, 0.1) is 5.75 Å². The van der Waals surface area contributed by atoms with E-state index in [0.29, 0.717) is 24.7 Å². The molecule has 20 heavy (non-hydrogen) atoms. The van der Waals surface area contributed by atoms with E-state index in [0.717, 1.165) is 6.54 Å². The normalized spacial score (nSPS) is 31.4. The highest BCUT2D eigenvalue weighted by atomic mass is 32.2. The Morgan fingerprint density at radius 1 is 1.20 bits per heavy atom. The summed E-state index contributed by atoms with van der Waals surface area (Å²) in [6, 6.07) is 1.77. The predicted octanol–water partition coefficient (Wildman–Crippen LogP) is 0.921. The summed E-state index contributed by atoms with van der Waals surface area (Å²) in [5, 5.41) is 3.65. The summed E-state index contributed by atoms with van der Waals surface area (Å²) < 4.78 is 25.7. The molecule has 2 bridgehead atoms. The zero-order chi connectivity index (χ0) is 14.6. The quantitative estimate of drug-likeness (QED) is 0.734. The molecule has 2 rings (SSSR count). The maximum Gasteiger partial charge on any atom is 0.212 e. The third-order valence-electron chi connectivity index (χ3n) is 4.74. The van der Waals surface area contributed by atoms with Crippen LogP contribution in [0.2, 0.25) is 0 Å². The molecule has 2 aliphatic rings. The number of nitrogens with one attached hydrogen (secondary N) is 2. The van der Waals surface area contributed by atoms with Crippen LogP contribution in [0.1, 0.15) is 45.4 Å². The van der Waals surface area contributed by atoms with Crippen LogP contribution in [0.25, 0.3) is 0 Å². The molecule has 0 aliphatic carbocycles. The molecule has 0 aromatic heterocycles. The van der Waals surface area contributed by atoms with Gasteiger partial charge in [-0.25, -0.2) is 13.1 Å². The summed E-state index contributed by atoms with van der Waals surface area (Å²) in [5.41, 5.74) is 0. The summed E-state index contributed by atoms with van der Waals surface area (Å²) in [5.74, 6) is 0.226. The molecule has 0 aromatic rings. The van der Waals surface area contributed by atoms with Gasteiger partial charge in [-0.15, -0.1) is 0 Å². The van der Waals surface area contributed by atoms with E-state index in [-0.39, 0.29) is 5.75 Å². The summed E-state index contributed by atoms with van der Waals surface area (Å²) in [7, 11) is -1.59. The number of sulfonamides is 1. The van der Waals surface area contributed by atoms with Crippen LogP contribution in [-0.4, -0.2) is 57.3 Å². The molecule has 118 valence electrons. The second kappa shape index (κ2) is 7.20. The van der Waals surface area contributed by atoms with Crippen molar-refractivity contribution in [3.8, 4) is 0 Å². The molecule has 2 N–H and O–H groups in total. The van der Waals surface area contributed by atoms with E-state index in [1.165, 1.54) is 45.6 Å². The molecular weight excluding hydrogens is 274 g/mol. The van der Waals surface area contributed by atoms with Crippen molar-refractivity contribution in [1.82, 2.24) is 14.9 Å². The van der Waals surface area contributed by atoms with Gasteiger partial charge in [0, 0.05) is 24.7 Å². The van der Waals surface area contributed by atoms with E-state index in [4.69, 9.17) is 0 Å². The Morgan fingerprint density at radius 3 is 2.40 bits per heavy atom. The smallest absolute Gasteiger partial charge is 0.212 e. The van der Waals surface area contributed by atoms with Crippen LogP contribution in [0.4, 0.5) is 0 Å². The Labute approximate surface area is 123 Å². The zero-order valence-corrected chi connectivity index (χ0v) is 13.6. The van der Waals surface area contributed by atoms with Crippen molar-refractivity contribution in [1.29, 1.82) is 0 Å². The maximum atomic E-state index is 11.6. The molecule has 0 amide bonds. The van der Waals surface area contributed by atoms with Gasteiger partial charge in [-0.3, -0.25) is 4.90 Å². The van der Waals surface area contributed by atoms with Crippen LogP contribution in [0, 0.1) is 0 Å². The number of fused-ring (bicyclic) bond motifs is 2. The molecule has 2 saturated heterocycles. The minimum absolute atomic E-state index is 0.226. The lowest BCUT2D eigenvalue weighted by atomic mass is 9.82. The standard InChI is InChI=1S/C14H29N3O2S/c1-3-7-16-12-10-13-5-4-6-14(11-12)17(13)8-9-20(18,19)15-2/h12-16H,3-11H2,1-2H3. The lowest BCUT2D eigenvalue weighted by Crippen LogP contribution is -2.57. The fraction of sp³-hybridized carbons (Fsp3) is 1.00. The Morgan fingerprint density at radius 2 is 1.85 bits per heavy atom. The molecule has 0 radical (unpaired) electrons. The van der Waals surface area contributed by atoms with E-state index in [1.807, 2.05) is 0 Å². The molecule has 5 nitrogen and oxygen atoms in total. The molecule has 0 aromatic carbocycles. The molecule has 2 aliphatic heterocycles. The van der Waals surface area contributed by atoms with Gasteiger partial charge in [-0.1, -0.05) is 13.3 Å². The minimum atomic E-state index is -3.08. The number of rotatable bonds is 7. The molecule has 6 heteroatoms. The monoisotopic (exact) mass is 303 g/mol. The topological polar surface area (TPSA) is 61.4 Å². The number of piperidine rings is 2. The SMILES string of the molecule is CCCNC1CC2CCCC(C1)N2CCS(=O)(=O)NC. The van der Waals surface area contributed by atoms with E-state index >= 15 is 0 Å². The van der Waals surface area contributed by atoms with Crippen LogP contribution >= 0.6 is 0 Å². The van der Waals surface area contributed by atoms with Crippen LogP contribution in [0.5, 0.6) is 0 Å². The Bertz CT molecular complexity index is 385. The van der Waals surface area contributed by atoms with Crippen molar-refractivity contribution in [2.45, 2.75) is 63.6 Å². The fourth-order valence-corrected chi connectivity index (χ4v) is 4.34. The summed E-state index contributed by atoms with van der Waals surface area (Å²) in [6.07, 6.45) is 7.27. The van der Waals surface area contributed by atoms with E-state index in [9.17, 15) is 8.42 Å². The molecule has 2 heterocycles. The van der Waals surface area contributed by atoms with Gasteiger partial charge in [0.2, 0.25) is 10.0 Å². The molecule has 2 unspecified atom stereocenters. The average molecular weight is 303 g/mol. The predicted molar refractivity (Wildman–Crippen MR) is 82.3 cm³/mol. The second-order valence-corrected chi connectivity index (χ2v) is 8.17. The highest BCUT2D eigenvalue weighted by Gasteiger charge is 2.38. The zero-order valence-electron chi connectivity index (χ0n) is 12.8. The molecule has 0 saturated carbocycles. The summed E-state index contributed by atoms with van der Waals surface area (Å²) >= 11 is 0. The van der Waals surface area contributed by atoms with Crippen LogP contribution in [-0.2, 0) is 10.0 Å². The van der Waals surface area contributed by atoms with Crippen molar-refractivity contribution in [3.05, 3.63) is 0 Å². The first-order valence-electron chi connectivity index (χ1n) is 7.96. The van der Waals surface area contributed by atoms with Gasteiger partial charge in [-0.2, -0.15) is 0 Å². The van der Waals surface area contributed by atoms with Crippen molar-refractivity contribution < 1.29 is 8.42 Å². The Kier molecular flexibility index (Phi) is 5.84. The highest BCUT2D eigenvalue weighted by molar-refractivity contribution is 7.89. The largest absolute Gasteiger partial charge is 0.314 e. The van der Waals surface area contributed by atoms with Crippen molar-refractivity contribution >= 4 is 10.0 Å². The first-order valence-corrected chi connectivity index (χ1v) is 9.61. The van der Waals surface area contributed by atoms with Crippen molar-refractivity contribution in [2.75, 3.05) is 25.9 Å². The highest BCUT2D eigenvalue weighted by Crippen LogP contribution is 2.33. The van der Waals surface area contributed by atoms with Gasteiger partial charge in [-0.05, 0) is 45.7 Å². The van der Waals surface area contributed by atoms with Gasteiger partial charge in [0.25, 0.3) is 0 Å². The van der Waals surface area contributed by atoms with Gasteiger partial charge < -0.3 is 5.32 Å². The average Bonchev–Trinajstić information content (AvgIpc) is 2.42. The van der Waals surface area contributed by atoms with E-state index < -0.39 is 10.0 Å². The molecule has 2 fully saturated rings. The lowest BCUT2D eigenvalue weighted by molar-refractivity contribution is 0.0300. The van der Waals surface area contributed by atoms with E-state index in [2.05, 4.69) is 21.9 Å². The third kappa shape index (κ3) is 4.16. The van der Waals surface area contributed by atoms with Gasteiger partial charge >= 0.3 is 0 Å². The lowest BCUT2D eigenvalue weighted by Gasteiger charge is -2.49. The third-order valence-corrected chi connectivity index (χ3v) is 6.08. The van der Waals surface area contributed by atoms with E-state index in [1.54, 1.807) is 0 Å². The number of hydrogen-bond donors (Lipinski definition) is 2. The Hall–Kier alpha value is -0.170. The first-order chi connectivity index (χ1) is 9.55. The number of nitrogens with zero attached hydrogens (tertiary/aromatic N) is 1. The van der Waals surface area contributed by atoms with Crippen molar-refractivity contribution in [2.24, 2.45) is 0 Å². The van der Waals surface area contributed by atoms with Crippen LogP contribution in [0.3, 0.4) is 0 Å². The Balaban J connectivity index is 1.91. The first kappa shape index (κ1) is 16.2. The van der Waals surface area contributed by atoms with Crippen molar-refractivity contribution in [3.63, 3.8) is 0 Å². The summed E-state index contributed by atoms with van der Waals surface area (Å²) in [6.45, 7) is 3.98. The molecule has 2 atom stereocenters. The van der Waals surface area contributed by atoms with Crippen LogP contribution < -0.4 is 10.0 Å². The van der Waals surface area contributed by atoms with Crippen LogP contribution in [0.15, 0.2) is 0 Å².